The van der Waals surface area contributed by atoms with Gasteiger partial charge in [0.1, 0.15) is 51.5 Å². The number of nitrogens with two attached hydrogens (primary N) is 1. The molecule has 5 aliphatic heterocycles. The highest BCUT2D eigenvalue weighted by Gasteiger charge is 2.60. The summed E-state index contributed by atoms with van der Waals surface area (Å²) < 4.78 is 1.78. The predicted molar refractivity (Wildman–Crippen MR) is 152 cm³/mol. The number of quaternary nitrogens is 2. The molecule has 0 saturated carbocycles. The summed E-state index contributed by atoms with van der Waals surface area (Å²) in [5, 5.41) is 20.2. The average molecular weight is 573 g/mol. The van der Waals surface area contributed by atoms with E-state index in [2.05, 4.69) is 6.07 Å². The van der Waals surface area contributed by atoms with Crippen LogP contribution >= 0.6 is 0 Å². The largest absolute Gasteiger partial charge is 0.477 e. The number of β-lactam (4-membered cyclic amide) rings is 1. The second-order valence-corrected chi connectivity index (χ2v) is 13.1. The predicted octanol–water partition coefficient (Wildman–Crippen LogP) is 1.20. The highest BCUT2D eigenvalue weighted by atomic mass is 16.4. The second kappa shape index (κ2) is 9.07. The van der Waals surface area contributed by atoms with Crippen LogP contribution in [0.4, 0.5) is 0 Å². The lowest BCUT2D eigenvalue weighted by Gasteiger charge is -2.55. The van der Waals surface area contributed by atoms with Gasteiger partial charge in [-0.05, 0) is 47.4 Å². The van der Waals surface area contributed by atoms with E-state index in [1.54, 1.807) is 13.0 Å². The summed E-state index contributed by atoms with van der Waals surface area (Å²) in [6.45, 7) is 10.6. The molecule has 4 N–H and O–H groups in total. The molecule has 5 heterocycles. The first-order valence-corrected chi connectivity index (χ1v) is 14.7. The molecule has 2 bridgehead atoms. The minimum Gasteiger partial charge on any atom is -0.477 e. The molecule has 218 valence electrons. The Morgan fingerprint density at radius 1 is 0.952 bits per heavy atom. The number of fused-ring (bicyclic) bond motifs is 7. The number of nitrogens with zero attached hydrogens (tertiary/aromatic N) is 3. The number of piperazine rings is 3. The van der Waals surface area contributed by atoms with Crippen molar-refractivity contribution in [3.63, 3.8) is 0 Å². The number of hydrogen-bond acceptors (Lipinski definition) is 5. The summed E-state index contributed by atoms with van der Waals surface area (Å²) in [4.78, 5) is 51.6. The van der Waals surface area contributed by atoms with Crippen molar-refractivity contribution in [3.8, 4) is 11.1 Å². The van der Waals surface area contributed by atoms with Gasteiger partial charge in [-0.1, -0.05) is 25.1 Å². The van der Waals surface area contributed by atoms with Gasteiger partial charge in [-0.15, -0.1) is 0 Å². The van der Waals surface area contributed by atoms with Gasteiger partial charge in [-0.25, -0.2) is 4.79 Å². The molecule has 1 aliphatic carbocycles. The molecule has 10 nitrogen and oxygen atoms in total. The van der Waals surface area contributed by atoms with Gasteiger partial charge in [-0.3, -0.25) is 14.4 Å². The molecular formula is C32H36N4O6+2. The molecule has 2 aromatic rings. The van der Waals surface area contributed by atoms with Gasteiger partial charge in [0.2, 0.25) is 5.91 Å². The van der Waals surface area contributed by atoms with Crippen molar-refractivity contribution < 1.29 is 38.4 Å². The first-order valence-electron chi connectivity index (χ1n) is 14.7. The fourth-order valence-electron chi connectivity index (χ4n) is 8.48. The summed E-state index contributed by atoms with van der Waals surface area (Å²) in [5.74, 6) is -2.84. The van der Waals surface area contributed by atoms with Crippen LogP contribution in [-0.2, 0) is 20.9 Å². The number of carboxylic acids is 1. The van der Waals surface area contributed by atoms with Crippen molar-refractivity contribution in [1.29, 1.82) is 0 Å². The number of aliphatic carboxylic acids is 1. The molecule has 0 unspecified atom stereocenters. The summed E-state index contributed by atoms with van der Waals surface area (Å²) in [5.41, 5.74) is 10.7. The maximum absolute atomic E-state index is 13.6. The topological polar surface area (TPSA) is 138 Å². The highest BCUT2D eigenvalue weighted by molar-refractivity contribution is 6.22. The number of amides is 2. The van der Waals surface area contributed by atoms with E-state index < -0.39 is 24.0 Å². The third-order valence-corrected chi connectivity index (χ3v) is 10.7. The van der Waals surface area contributed by atoms with E-state index >= 15 is 0 Å². The van der Waals surface area contributed by atoms with Crippen LogP contribution in [0, 0.1) is 11.8 Å². The van der Waals surface area contributed by atoms with E-state index in [9.17, 15) is 29.4 Å². The lowest BCUT2D eigenvalue weighted by atomic mass is 9.76. The zero-order valence-electron chi connectivity index (χ0n) is 23.9. The summed E-state index contributed by atoms with van der Waals surface area (Å²) >= 11 is 0. The van der Waals surface area contributed by atoms with Crippen LogP contribution in [0.1, 0.15) is 40.9 Å². The molecule has 4 atom stereocenters. The number of ketones is 1. The fourth-order valence-corrected chi connectivity index (χ4v) is 8.48. The molecule has 10 heteroatoms. The van der Waals surface area contributed by atoms with Gasteiger partial charge >= 0.3 is 5.97 Å². The van der Waals surface area contributed by atoms with Crippen molar-refractivity contribution >= 4 is 29.1 Å². The maximum atomic E-state index is 13.6. The van der Waals surface area contributed by atoms with Crippen molar-refractivity contribution in [3.05, 3.63) is 64.3 Å². The Morgan fingerprint density at radius 2 is 1.60 bits per heavy atom. The van der Waals surface area contributed by atoms with Gasteiger partial charge < -0.3 is 29.8 Å². The number of carboxylic acid groups (broad SMARTS) is 1. The second-order valence-electron chi connectivity index (χ2n) is 13.1. The molecule has 0 radical (unpaired) electrons. The molecule has 6 aliphatic rings. The smallest absolute Gasteiger partial charge is 0.352 e. The third-order valence-electron chi connectivity index (χ3n) is 10.7. The summed E-state index contributed by atoms with van der Waals surface area (Å²) in [6, 6.07) is 11.2. The van der Waals surface area contributed by atoms with E-state index in [-0.39, 0.29) is 29.2 Å². The number of carbonyl (C=O) groups excluding carboxylic acids is 3. The van der Waals surface area contributed by atoms with Crippen molar-refractivity contribution in [1.82, 2.24) is 4.90 Å². The van der Waals surface area contributed by atoms with Gasteiger partial charge in [0.15, 0.2) is 12.3 Å². The lowest BCUT2D eigenvalue weighted by molar-refractivity contribution is -1.08. The average Bonchev–Trinajstić information content (AvgIpc) is 3.37. The Labute approximate surface area is 243 Å². The number of hydrogen-bond donors (Lipinski definition) is 3. The molecule has 0 aromatic heterocycles. The first-order chi connectivity index (χ1) is 19.9. The van der Waals surface area contributed by atoms with E-state index in [0.717, 1.165) is 65.9 Å². The van der Waals surface area contributed by atoms with Gasteiger partial charge in [0, 0.05) is 22.6 Å². The first kappa shape index (κ1) is 27.0. The minimum absolute atomic E-state index is 0.0601. The lowest BCUT2D eigenvalue weighted by Crippen LogP contribution is -2.75. The van der Waals surface area contributed by atoms with Crippen LogP contribution in [-0.4, -0.2) is 106 Å². The number of benzene rings is 2. The molecule has 2 aromatic carbocycles. The molecule has 8 rings (SSSR count). The van der Waals surface area contributed by atoms with Crippen molar-refractivity contribution in [2.24, 2.45) is 17.6 Å². The third kappa shape index (κ3) is 3.75. The normalized spacial score (nSPS) is 31.5. The number of aliphatic hydroxyl groups excluding tert-OH is 1. The van der Waals surface area contributed by atoms with E-state index in [1.807, 2.05) is 31.2 Å². The Balaban J connectivity index is 1.18. The maximum Gasteiger partial charge on any atom is 0.352 e. The zero-order chi connectivity index (χ0) is 29.7. The number of primary amides is 1. The zero-order valence-corrected chi connectivity index (χ0v) is 23.9. The van der Waals surface area contributed by atoms with Crippen molar-refractivity contribution in [2.45, 2.75) is 32.5 Å². The monoisotopic (exact) mass is 572 g/mol. The standard InChI is InChI=1S/C32H34N4O6/c1-17-26(29(32(41)42)34-28(17)27(18(2)37)31(34)40)20-4-6-21-23-13-19(3-5-22(23)30(39)24(21)14-20)15-35-7-10-36(11-8-35,12-9-35)16-25(33)38/h3-6,13-14,17-18,27-28,37H,7-12,15-16H2,1-2H3,(H-2,33,38,41,42)/p+2/t17-,18+,27+,28+,35?,36?/m0/s1. The summed E-state index contributed by atoms with van der Waals surface area (Å²) in [7, 11) is 0. The Hall–Kier alpha value is -3.86. The molecule has 4 saturated heterocycles. The molecule has 0 spiro atoms. The number of rotatable bonds is 7. The fraction of sp³-hybridized carbons (Fsp3) is 0.438. The molecule has 4 fully saturated rings. The highest BCUT2D eigenvalue weighted by Crippen LogP contribution is 2.51. The Bertz CT molecular complexity index is 1600. The minimum atomic E-state index is -1.19. The van der Waals surface area contributed by atoms with E-state index in [1.165, 1.54) is 10.5 Å². The Kier molecular flexibility index (Phi) is 5.83. The molecule has 42 heavy (non-hydrogen) atoms. The number of aliphatic hydroxyl groups is 1. The van der Waals surface area contributed by atoms with Gasteiger partial charge in [-0.2, -0.15) is 0 Å². The van der Waals surface area contributed by atoms with E-state index in [4.69, 9.17) is 5.73 Å². The van der Waals surface area contributed by atoms with Crippen LogP contribution < -0.4 is 5.73 Å². The molecule has 2 amide bonds. The Morgan fingerprint density at radius 3 is 2.21 bits per heavy atom. The SMILES string of the molecule is C[C@@H](O)[C@H]1C(=O)N2C(C(=O)O)=C(c3ccc4c(c3)C(=O)c3ccc(C[N+]56CC[N+](CC(N)=O)(CC5)CC6)cc3-4)[C@H](C)[C@H]12. The van der Waals surface area contributed by atoms with Crippen LogP contribution in [0.3, 0.4) is 0 Å². The van der Waals surface area contributed by atoms with Crippen LogP contribution in [0.5, 0.6) is 0 Å². The van der Waals surface area contributed by atoms with Gasteiger partial charge in [0.25, 0.3) is 5.91 Å². The van der Waals surface area contributed by atoms with Crippen LogP contribution in [0.15, 0.2) is 42.1 Å². The van der Waals surface area contributed by atoms with Crippen LogP contribution in [0.2, 0.25) is 0 Å². The quantitative estimate of drug-likeness (QED) is 0.287. The van der Waals surface area contributed by atoms with E-state index in [0.29, 0.717) is 28.8 Å². The summed E-state index contributed by atoms with van der Waals surface area (Å²) in [6.07, 6.45) is -0.877. The van der Waals surface area contributed by atoms with Crippen LogP contribution in [0.25, 0.3) is 16.7 Å². The molecular weight excluding hydrogens is 536 g/mol. The van der Waals surface area contributed by atoms with Gasteiger partial charge in [0.05, 0.1) is 18.1 Å². The number of carbonyl (C=O) groups is 4. The van der Waals surface area contributed by atoms with Crippen molar-refractivity contribution in [2.75, 3.05) is 45.8 Å².